The molecule has 0 fully saturated rings. The quantitative estimate of drug-likeness (QED) is 0.795. The third kappa shape index (κ3) is 7.66. The highest BCUT2D eigenvalue weighted by atomic mass is 35.5. The molecule has 134 valence electrons. The average molecular weight is 357 g/mol. The first kappa shape index (κ1) is 20.3. The van der Waals surface area contributed by atoms with Crippen LogP contribution in [0.5, 0.6) is 0 Å². The zero-order chi connectivity index (χ0) is 18.3. The number of hydrogen-bond donors (Lipinski definition) is 1. The molecule has 24 heavy (non-hydrogen) atoms. The number of hydrogen-bond acceptors (Lipinski definition) is 4. The second-order valence-electron chi connectivity index (χ2n) is 6.45. The highest BCUT2D eigenvalue weighted by Gasteiger charge is 2.23. The van der Waals surface area contributed by atoms with E-state index in [1.807, 2.05) is 12.1 Å². The van der Waals surface area contributed by atoms with Crippen molar-refractivity contribution >= 4 is 23.6 Å². The third-order valence-corrected chi connectivity index (χ3v) is 3.41. The summed E-state index contributed by atoms with van der Waals surface area (Å²) >= 11 is 5.88. The highest BCUT2D eigenvalue weighted by molar-refractivity contribution is 6.30. The SMILES string of the molecule is CON(C)C(=O)C[C@H](Cc1ccc(Cl)cc1)NC(=O)OC(C)(C)C. The standard InChI is InChI=1S/C17H25ClN2O4/c1-17(2,3)24-16(22)19-14(11-15(21)20(4)23-5)10-12-6-8-13(18)9-7-12/h6-9,14H,10-11H2,1-5H3,(H,19,22)/t14-/m0/s1. The van der Waals surface area contributed by atoms with Gasteiger partial charge >= 0.3 is 6.09 Å². The molecule has 0 spiro atoms. The van der Waals surface area contributed by atoms with E-state index in [2.05, 4.69) is 5.32 Å². The van der Waals surface area contributed by atoms with Gasteiger partial charge < -0.3 is 10.1 Å². The number of nitrogens with one attached hydrogen (secondary N) is 1. The van der Waals surface area contributed by atoms with Gasteiger partial charge in [0.1, 0.15) is 5.60 Å². The molecule has 0 aromatic heterocycles. The molecule has 0 saturated heterocycles. The normalized spacial score (nSPS) is 12.4. The summed E-state index contributed by atoms with van der Waals surface area (Å²) in [6.45, 7) is 5.35. The van der Waals surface area contributed by atoms with E-state index in [0.717, 1.165) is 10.6 Å². The van der Waals surface area contributed by atoms with E-state index < -0.39 is 17.7 Å². The molecule has 6 nitrogen and oxygen atoms in total. The lowest BCUT2D eigenvalue weighted by Crippen LogP contribution is -2.43. The zero-order valence-electron chi connectivity index (χ0n) is 14.8. The Kier molecular flexibility index (Phi) is 7.51. The Morgan fingerprint density at radius 1 is 1.25 bits per heavy atom. The van der Waals surface area contributed by atoms with Gasteiger partial charge in [-0.2, -0.15) is 0 Å². The molecule has 0 unspecified atom stereocenters. The minimum atomic E-state index is -0.609. The van der Waals surface area contributed by atoms with Gasteiger partial charge in [-0.05, 0) is 44.9 Å². The van der Waals surface area contributed by atoms with E-state index in [4.69, 9.17) is 21.2 Å². The van der Waals surface area contributed by atoms with E-state index in [-0.39, 0.29) is 12.3 Å². The number of hydroxylamine groups is 2. The fraction of sp³-hybridized carbons (Fsp3) is 0.529. The molecule has 1 N–H and O–H groups in total. The molecule has 0 aliphatic rings. The van der Waals surface area contributed by atoms with E-state index in [1.54, 1.807) is 32.9 Å². The summed E-state index contributed by atoms with van der Waals surface area (Å²) in [4.78, 5) is 29.0. The molecular formula is C17H25ClN2O4. The maximum Gasteiger partial charge on any atom is 0.407 e. The Labute approximate surface area is 148 Å². The molecule has 0 bridgehead atoms. The molecule has 1 atom stereocenters. The van der Waals surface area contributed by atoms with Gasteiger partial charge in [-0.1, -0.05) is 23.7 Å². The van der Waals surface area contributed by atoms with Crippen molar-refractivity contribution in [2.24, 2.45) is 0 Å². The van der Waals surface area contributed by atoms with Crippen LogP contribution in [0.15, 0.2) is 24.3 Å². The summed E-state index contributed by atoms with van der Waals surface area (Å²) < 4.78 is 5.27. The van der Waals surface area contributed by atoms with Gasteiger partial charge in [0.2, 0.25) is 5.91 Å². The first-order chi connectivity index (χ1) is 11.1. The zero-order valence-corrected chi connectivity index (χ0v) is 15.5. The number of carbonyl (C=O) groups is 2. The molecule has 0 radical (unpaired) electrons. The van der Waals surface area contributed by atoms with Crippen molar-refractivity contribution in [1.82, 2.24) is 10.4 Å². The van der Waals surface area contributed by atoms with Crippen LogP contribution in [-0.2, 0) is 20.8 Å². The van der Waals surface area contributed by atoms with Crippen LogP contribution < -0.4 is 5.32 Å². The maximum absolute atomic E-state index is 12.1. The van der Waals surface area contributed by atoms with Crippen molar-refractivity contribution < 1.29 is 19.2 Å². The molecule has 1 aromatic carbocycles. The smallest absolute Gasteiger partial charge is 0.407 e. The number of rotatable bonds is 6. The van der Waals surface area contributed by atoms with Gasteiger partial charge in [-0.3, -0.25) is 9.63 Å². The lowest BCUT2D eigenvalue weighted by molar-refractivity contribution is -0.169. The van der Waals surface area contributed by atoms with E-state index >= 15 is 0 Å². The monoisotopic (exact) mass is 356 g/mol. The fourth-order valence-electron chi connectivity index (χ4n) is 1.99. The number of halogens is 1. The first-order valence-corrected chi connectivity index (χ1v) is 8.03. The van der Waals surface area contributed by atoms with Crippen LogP contribution in [0.3, 0.4) is 0 Å². The van der Waals surface area contributed by atoms with Crippen molar-refractivity contribution in [3.8, 4) is 0 Å². The van der Waals surface area contributed by atoms with Gasteiger partial charge in [-0.15, -0.1) is 0 Å². The molecule has 0 saturated carbocycles. The van der Waals surface area contributed by atoms with Crippen molar-refractivity contribution in [3.05, 3.63) is 34.9 Å². The molecule has 1 rings (SSSR count). The fourth-order valence-corrected chi connectivity index (χ4v) is 2.12. The summed E-state index contributed by atoms with van der Waals surface area (Å²) in [6, 6.07) is 6.83. The van der Waals surface area contributed by atoms with Gasteiger partial charge in [0.15, 0.2) is 0 Å². The van der Waals surface area contributed by atoms with Gasteiger partial charge in [0, 0.05) is 24.5 Å². The van der Waals surface area contributed by atoms with Crippen LogP contribution in [0.2, 0.25) is 5.02 Å². The molecule has 7 heteroatoms. The predicted octanol–water partition coefficient (Wildman–Crippen LogP) is 3.19. The summed E-state index contributed by atoms with van der Waals surface area (Å²) in [5.74, 6) is -0.243. The largest absolute Gasteiger partial charge is 0.444 e. The summed E-state index contributed by atoms with van der Waals surface area (Å²) in [5, 5.41) is 4.51. The summed E-state index contributed by atoms with van der Waals surface area (Å²) in [6.07, 6.45) is 0.000622. The van der Waals surface area contributed by atoms with Crippen LogP contribution in [-0.4, -0.2) is 42.9 Å². The van der Waals surface area contributed by atoms with Crippen LogP contribution in [0.4, 0.5) is 4.79 Å². The number of ether oxygens (including phenoxy) is 1. The predicted molar refractivity (Wildman–Crippen MR) is 92.7 cm³/mol. The van der Waals surface area contributed by atoms with Crippen LogP contribution in [0.25, 0.3) is 0 Å². The summed E-state index contributed by atoms with van der Waals surface area (Å²) in [5.41, 5.74) is 0.343. The van der Waals surface area contributed by atoms with Crippen molar-refractivity contribution in [1.29, 1.82) is 0 Å². The number of carbonyl (C=O) groups excluding carboxylic acids is 2. The van der Waals surface area contributed by atoms with Gasteiger partial charge in [-0.25, -0.2) is 9.86 Å². The molecular weight excluding hydrogens is 332 g/mol. The average Bonchev–Trinajstić information content (AvgIpc) is 2.46. The number of nitrogens with zero attached hydrogens (tertiary/aromatic N) is 1. The second-order valence-corrected chi connectivity index (χ2v) is 6.89. The molecule has 0 aliphatic heterocycles. The van der Waals surface area contributed by atoms with E-state index in [9.17, 15) is 9.59 Å². The number of benzene rings is 1. The Hall–Kier alpha value is -1.79. The Balaban J connectivity index is 2.80. The molecule has 0 heterocycles. The molecule has 1 aromatic rings. The highest BCUT2D eigenvalue weighted by Crippen LogP contribution is 2.14. The first-order valence-electron chi connectivity index (χ1n) is 7.65. The molecule has 2 amide bonds. The van der Waals surface area contributed by atoms with Gasteiger partial charge in [0.25, 0.3) is 0 Å². The van der Waals surface area contributed by atoms with E-state index in [1.165, 1.54) is 14.2 Å². The Morgan fingerprint density at radius 3 is 2.33 bits per heavy atom. The molecule has 0 aliphatic carbocycles. The van der Waals surface area contributed by atoms with E-state index in [0.29, 0.717) is 11.4 Å². The second kappa shape index (κ2) is 8.89. The summed E-state index contributed by atoms with van der Waals surface area (Å²) in [7, 11) is 2.93. The lowest BCUT2D eigenvalue weighted by atomic mass is 10.0. The van der Waals surface area contributed by atoms with Crippen LogP contribution in [0.1, 0.15) is 32.8 Å². The Morgan fingerprint density at radius 2 is 1.83 bits per heavy atom. The van der Waals surface area contributed by atoms with Crippen molar-refractivity contribution in [3.63, 3.8) is 0 Å². The number of amides is 2. The topological polar surface area (TPSA) is 67.9 Å². The lowest BCUT2D eigenvalue weighted by Gasteiger charge is -2.24. The third-order valence-electron chi connectivity index (χ3n) is 3.16. The van der Waals surface area contributed by atoms with Gasteiger partial charge in [0.05, 0.1) is 7.11 Å². The maximum atomic E-state index is 12.1. The number of alkyl carbamates (subject to hydrolysis) is 1. The van der Waals surface area contributed by atoms with Crippen LogP contribution in [0, 0.1) is 0 Å². The Bertz CT molecular complexity index is 555. The van der Waals surface area contributed by atoms with Crippen molar-refractivity contribution in [2.45, 2.75) is 45.3 Å². The minimum absolute atomic E-state index is 0.0895. The van der Waals surface area contributed by atoms with Crippen LogP contribution >= 0.6 is 11.6 Å². The van der Waals surface area contributed by atoms with Crippen molar-refractivity contribution in [2.75, 3.05) is 14.2 Å². The minimum Gasteiger partial charge on any atom is -0.444 e.